The normalized spacial score (nSPS) is 11.4. The van der Waals surface area contributed by atoms with Crippen molar-refractivity contribution in [2.45, 2.75) is 26.9 Å². The van der Waals surface area contributed by atoms with Crippen LogP contribution in [0.25, 0.3) is 33.7 Å². The standard InChI is InChI=1S/C23H20FN5O/c1-3-29-21-8-7-16(19-11-15(2)30-27-19)13-20(21)26-22(29)14-28-10-9-25-23(28)17-5-4-6-18(24)12-17/h4-13H,3,14H2,1-2H3. The predicted molar refractivity (Wildman–Crippen MR) is 112 cm³/mol. The van der Waals surface area contributed by atoms with Gasteiger partial charge in [0.2, 0.25) is 0 Å². The number of halogens is 1. The molecule has 5 rings (SSSR count). The van der Waals surface area contributed by atoms with Crippen LogP contribution in [-0.2, 0) is 13.1 Å². The van der Waals surface area contributed by atoms with Crippen molar-refractivity contribution < 1.29 is 8.91 Å². The molecule has 0 aliphatic rings. The third-order valence-corrected chi connectivity index (χ3v) is 5.18. The lowest BCUT2D eigenvalue weighted by Gasteiger charge is -2.10. The summed E-state index contributed by atoms with van der Waals surface area (Å²) in [6.45, 7) is 5.30. The molecule has 0 amide bonds. The van der Waals surface area contributed by atoms with Crippen molar-refractivity contribution in [3.05, 3.63) is 78.3 Å². The Labute approximate surface area is 172 Å². The minimum absolute atomic E-state index is 0.279. The maximum atomic E-state index is 13.7. The van der Waals surface area contributed by atoms with Crippen molar-refractivity contribution in [1.82, 2.24) is 24.3 Å². The summed E-state index contributed by atoms with van der Waals surface area (Å²) >= 11 is 0. The molecule has 0 N–H and O–H groups in total. The molecule has 0 fully saturated rings. The molecule has 0 aliphatic carbocycles. The molecule has 7 heteroatoms. The first-order valence-electron chi connectivity index (χ1n) is 9.82. The molecule has 0 bridgehead atoms. The van der Waals surface area contributed by atoms with Crippen molar-refractivity contribution in [1.29, 1.82) is 0 Å². The number of rotatable bonds is 5. The van der Waals surface area contributed by atoms with Gasteiger partial charge in [0.25, 0.3) is 0 Å². The van der Waals surface area contributed by atoms with Crippen LogP contribution in [0.3, 0.4) is 0 Å². The number of fused-ring (bicyclic) bond motifs is 1. The lowest BCUT2D eigenvalue weighted by Crippen LogP contribution is -2.08. The lowest BCUT2D eigenvalue weighted by molar-refractivity contribution is 0.399. The molecule has 0 spiro atoms. The number of hydrogen-bond donors (Lipinski definition) is 0. The maximum absolute atomic E-state index is 13.7. The fraction of sp³-hybridized carbons (Fsp3) is 0.174. The van der Waals surface area contributed by atoms with E-state index in [2.05, 4.69) is 27.7 Å². The van der Waals surface area contributed by atoms with Crippen LogP contribution in [0, 0.1) is 12.7 Å². The summed E-state index contributed by atoms with van der Waals surface area (Å²) in [6.07, 6.45) is 3.62. The second-order valence-corrected chi connectivity index (χ2v) is 7.19. The Morgan fingerprint density at radius 3 is 2.73 bits per heavy atom. The number of hydrogen-bond acceptors (Lipinski definition) is 4. The Morgan fingerprint density at radius 1 is 1.07 bits per heavy atom. The summed E-state index contributed by atoms with van der Waals surface area (Å²) in [4.78, 5) is 9.32. The van der Waals surface area contributed by atoms with Crippen LogP contribution in [0.4, 0.5) is 4.39 Å². The average molecular weight is 401 g/mol. The van der Waals surface area contributed by atoms with Gasteiger partial charge in [-0.2, -0.15) is 0 Å². The third-order valence-electron chi connectivity index (χ3n) is 5.18. The number of benzene rings is 2. The quantitative estimate of drug-likeness (QED) is 0.412. The Balaban J connectivity index is 1.54. The summed E-state index contributed by atoms with van der Waals surface area (Å²) in [7, 11) is 0. The average Bonchev–Trinajstić information content (AvgIpc) is 3.45. The Kier molecular flexibility index (Phi) is 4.43. The molecule has 5 aromatic rings. The van der Waals surface area contributed by atoms with Gasteiger partial charge in [0.15, 0.2) is 0 Å². The molecular formula is C23H20FN5O. The second-order valence-electron chi connectivity index (χ2n) is 7.19. The number of aromatic nitrogens is 5. The minimum Gasteiger partial charge on any atom is -0.361 e. The van der Waals surface area contributed by atoms with Gasteiger partial charge in [-0.25, -0.2) is 14.4 Å². The second kappa shape index (κ2) is 7.26. The van der Waals surface area contributed by atoms with Gasteiger partial charge in [-0.05, 0) is 38.1 Å². The van der Waals surface area contributed by atoms with Gasteiger partial charge < -0.3 is 13.7 Å². The Bertz CT molecular complexity index is 1350. The SMILES string of the molecule is CCn1c(Cn2ccnc2-c2cccc(F)c2)nc2cc(-c3cc(C)on3)ccc21. The van der Waals surface area contributed by atoms with Gasteiger partial charge in [0.1, 0.15) is 28.9 Å². The van der Waals surface area contributed by atoms with Gasteiger partial charge in [-0.3, -0.25) is 0 Å². The highest BCUT2D eigenvalue weighted by molar-refractivity contribution is 5.82. The molecular weight excluding hydrogens is 381 g/mol. The molecule has 150 valence electrons. The first kappa shape index (κ1) is 18.3. The van der Waals surface area contributed by atoms with Gasteiger partial charge in [-0.1, -0.05) is 23.4 Å². The zero-order chi connectivity index (χ0) is 20.7. The van der Waals surface area contributed by atoms with Crippen LogP contribution in [0.5, 0.6) is 0 Å². The van der Waals surface area contributed by atoms with Crippen molar-refractivity contribution in [3.63, 3.8) is 0 Å². The van der Waals surface area contributed by atoms with Gasteiger partial charge >= 0.3 is 0 Å². The molecule has 2 aromatic carbocycles. The first-order valence-corrected chi connectivity index (χ1v) is 9.82. The molecule has 0 atom stereocenters. The molecule has 0 saturated heterocycles. The summed E-state index contributed by atoms with van der Waals surface area (Å²) in [5.74, 6) is 2.12. The summed E-state index contributed by atoms with van der Waals surface area (Å²) in [6, 6.07) is 14.5. The fourth-order valence-electron chi connectivity index (χ4n) is 3.79. The van der Waals surface area contributed by atoms with E-state index in [0.717, 1.165) is 46.0 Å². The number of aryl methyl sites for hydroxylation is 2. The van der Waals surface area contributed by atoms with E-state index in [9.17, 15) is 4.39 Å². The molecule has 30 heavy (non-hydrogen) atoms. The van der Waals surface area contributed by atoms with Crippen molar-refractivity contribution >= 4 is 11.0 Å². The summed E-state index contributed by atoms with van der Waals surface area (Å²) in [5.41, 5.74) is 4.46. The minimum atomic E-state index is -0.279. The summed E-state index contributed by atoms with van der Waals surface area (Å²) in [5, 5.41) is 4.10. The molecule has 0 unspecified atom stereocenters. The van der Waals surface area contributed by atoms with E-state index in [4.69, 9.17) is 9.51 Å². The molecule has 6 nitrogen and oxygen atoms in total. The highest BCUT2D eigenvalue weighted by Gasteiger charge is 2.15. The molecule has 3 heterocycles. The zero-order valence-electron chi connectivity index (χ0n) is 16.7. The van der Waals surface area contributed by atoms with E-state index in [1.165, 1.54) is 12.1 Å². The number of nitrogens with zero attached hydrogens (tertiary/aromatic N) is 5. The number of imidazole rings is 2. The maximum Gasteiger partial charge on any atom is 0.140 e. The highest BCUT2D eigenvalue weighted by atomic mass is 19.1. The third kappa shape index (κ3) is 3.18. The van der Waals surface area contributed by atoms with Crippen LogP contribution in [0.15, 0.2) is 65.4 Å². The van der Waals surface area contributed by atoms with Crippen molar-refractivity contribution in [3.8, 4) is 22.6 Å². The lowest BCUT2D eigenvalue weighted by atomic mass is 10.1. The molecule has 0 radical (unpaired) electrons. The van der Waals surface area contributed by atoms with E-state index in [0.29, 0.717) is 12.4 Å². The monoisotopic (exact) mass is 401 g/mol. The van der Waals surface area contributed by atoms with Gasteiger partial charge in [-0.15, -0.1) is 0 Å². The topological polar surface area (TPSA) is 61.7 Å². The van der Waals surface area contributed by atoms with Crippen LogP contribution in [0.1, 0.15) is 18.5 Å². The summed E-state index contributed by atoms with van der Waals surface area (Å²) < 4.78 is 23.1. The van der Waals surface area contributed by atoms with Gasteiger partial charge in [0, 0.05) is 36.1 Å². The van der Waals surface area contributed by atoms with Gasteiger partial charge in [0.05, 0.1) is 17.6 Å². The van der Waals surface area contributed by atoms with E-state index in [1.807, 2.05) is 42.0 Å². The van der Waals surface area contributed by atoms with Crippen LogP contribution >= 0.6 is 0 Å². The van der Waals surface area contributed by atoms with Crippen LogP contribution < -0.4 is 0 Å². The highest BCUT2D eigenvalue weighted by Crippen LogP contribution is 2.26. The first-order chi connectivity index (χ1) is 14.6. The Hall–Kier alpha value is -3.74. The zero-order valence-corrected chi connectivity index (χ0v) is 16.7. The largest absolute Gasteiger partial charge is 0.361 e. The molecule has 0 aliphatic heterocycles. The Morgan fingerprint density at radius 2 is 1.97 bits per heavy atom. The van der Waals surface area contributed by atoms with Crippen LogP contribution in [0.2, 0.25) is 0 Å². The smallest absolute Gasteiger partial charge is 0.140 e. The van der Waals surface area contributed by atoms with E-state index < -0.39 is 0 Å². The van der Waals surface area contributed by atoms with Crippen molar-refractivity contribution in [2.75, 3.05) is 0 Å². The molecule has 0 saturated carbocycles. The fourth-order valence-corrected chi connectivity index (χ4v) is 3.79. The van der Waals surface area contributed by atoms with E-state index in [1.54, 1.807) is 12.3 Å². The van der Waals surface area contributed by atoms with Crippen molar-refractivity contribution in [2.24, 2.45) is 0 Å². The van der Waals surface area contributed by atoms with E-state index in [-0.39, 0.29) is 5.82 Å². The van der Waals surface area contributed by atoms with E-state index >= 15 is 0 Å². The predicted octanol–water partition coefficient (Wildman–Crippen LogP) is 5.07. The molecule has 3 aromatic heterocycles. The van der Waals surface area contributed by atoms with Crippen LogP contribution in [-0.4, -0.2) is 24.3 Å².